The van der Waals surface area contributed by atoms with Gasteiger partial charge in [-0.05, 0) is 31.3 Å². The summed E-state index contributed by atoms with van der Waals surface area (Å²) in [4.78, 5) is 11.6. The van der Waals surface area contributed by atoms with Gasteiger partial charge >= 0.3 is 0 Å². The molecule has 0 spiro atoms. The molecule has 1 aromatic rings. The first-order valence-corrected chi connectivity index (χ1v) is 5.63. The van der Waals surface area contributed by atoms with Crippen LogP contribution >= 0.6 is 12.2 Å². The Labute approximate surface area is 113 Å². The Morgan fingerprint density at radius 3 is 2.74 bits per heavy atom. The van der Waals surface area contributed by atoms with Crippen LogP contribution in [0.5, 0.6) is 0 Å². The molecule has 5 nitrogen and oxygen atoms in total. The molecule has 8 heteroatoms. The number of hydrogen-bond acceptors (Lipinski definition) is 3. The summed E-state index contributed by atoms with van der Waals surface area (Å²) in [7, 11) is 0. The van der Waals surface area contributed by atoms with Gasteiger partial charge in [-0.1, -0.05) is 0 Å². The molecule has 0 radical (unpaired) electrons. The van der Waals surface area contributed by atoms with Crippen LogP contribution in [0.2, 0.25) is 0 Å². The van der Waals surface area contributed by atoms with E-state index in [0.717, 1.165) is 12.1 Å². The number of benzene rings is 1. The zero-order valence-electron chi connectivity index (χ0n) is 10.0. The van der Waals surface area contributed by atoms with E-state index in [9.17, 15) is 13.6 Å². The predicted molar refractivity (Wildman–Crippen MR) is 72.6 cm³/mol. The van der Waals surface area contributed by atoms with Crippen LogP contribution in [0.15, 0.2) is 23.3 Å². The highest BCUT2D eigenvalue weighted by molar-refractivity contribution is 7.80. The first-order chi connectivity index (χ1) is 8.88. The lowest BCUT2D eigenvalue weighted by atomic mass is 10.2. The van der Waals surface area contributed by atoms with Crippen LogP contribution in [0.4, 0.5) is 14.5 Å². The number of rotatable bonds is 4. The van der Waals surface area contributed by atoms with Crippen LogP contribution in [0.3, 0.4) is 0 Å². The zero-order chi connectivity index (χ0) is 14.4. The molecule has 0 bridgehead atoms. The van der Waals surface area contributed by atoms with Gasteiger partial charge in [-0.15, -0.1) is 0 Å². The quantitative estimate of drug-likeness (QED) is 0.445. The van der Waals surface area contributed by atoms with Crippen molar-refractivity contribution in [2.24, 2.45) is 10.8 Å². The highest BCUT2D eigenvalue weighted by atomic mass is 32.1. The fraction of sp³-hybridized carbons (Fsp3) is 0.182. The Hall–Kier alpha value is -2.09. The minimum absolute atomic E-state index is 0.0238. The third-order valence-corrected chi connectivity index (χ3v) is 2.07. The van der Waals surface area contributed by atoms with E-state index in [1.165, 1.54) is 0 Å². The molecule has 1 aromatic carbocycles. The Morgan fingerprint density at radius 2 is 2.16 bits per heavy atom. The molecular formula is C11H12F2N4OS. The number of anilines is 1. The molecule has 1 amide bonds. The minimum atomic E-state index is -0.843. The molecule has 4 N–H and O–H groups in total. The second-order valence-corrected chi connectivity index (χ2v) is 4.11. The van der Waals surface area contributed by atoms with Crippen molar-refractivity contribution in [3.63, 3.8) is 0 Å². The average molecular weight is 286 g/mol. The Morgan fingerprint density at radius 1 is 1.47 bits per heavy atom. The molecule has 1 rings (SSSR count). The van der Waals surface area contributed by atoms with E-state index in [2.05, 4.69) is 28.1 Å². The topological polar surface area (TPSA) is 79.5 Å². The largest absolute Gasteiger partial charge is 0.375 e. The number of hydrazone groups is 1. The number of nitrogens with two attached hydrogens (primary N) is 1. The normalized spacial score (nSPS) is 11.0. The number of carbonyl (C=O) groups excluding carboxylic acids is 1. The molecule has 102 valence electrons. The molecule has 0 aromatic heterocycles. The van der Waals surface area contributed by atoms with Crippen molar-refractivity contribution in [3.05, 3.63) is 29.8 Å². The van der Waals surface area contributed by atoms with E-state index in [1.54, 1.807) is 6.92 Å². The lowest BCUT2D eigenvalue weighted by Gasteiger charge is -2.06. The molecule has 0 saturated heterocycles. The Balaban J connectivity index is 2.60. The average Bonchev–Trinajstić information content (AvgIpc) is 2.30. The van der Waals surface area contributed by atoms with Crippen molar-refractivity contribution in [3.8, 4) is 0 Å². The summed E-state index contributed by atoms with van der Waals surface area (Å²) in [6.45, 7) is 1.58. The van der Waals surface area contributed by atoms with Gasteiger partial charge < -0.3 is 11.1 Å². The van der Waals surface area contributed by atoms with Crippen LogP contribution in [0.25, 0.3) is 0 Å². The van der Waals surface area contributed by atoms with Crippen molar-refractivity contribution in [1.29, 1.82) is 0 Å². The summed E-state index contributed by atoms with van der Waals surface area (Å²) in [5, 5.41) is 6.01. The molecule has 0 aliphatic carbocycles. The summed E-state index contributed by atoms with van der Waals surface area (Å²) in [6, 6.07) is 2.88. The number of nitrogens with one attached hydrogen (secondary N) is 2. The van der Waals surface area contributed by atoms with E-state index < -0.39 is 17.5 Å². The monoisotopic (exact) mass is 286 g/mol. The van der Waals surface area contributed by atoms with Crippen LogP contribution in [-0.4, -0.2) is 16.7 Å². The fourth-order valence-corrected chi connectivity index (χ4v) is 1.25. The van der Waals surface area contributed by atoms with Crippen molar-refractivity contribution in [2.75, 3.05) is 5.32 Å². The molecule has 0 atom stereocenters. The van der Waals surface area contributed by atoms with Gasteiger partial charge in [0.1, 0.15) is 11.6 Å². The summed E-state index contributed by atoms with van der Waals surface area (Å²) >= 11 is 4.54. The predicted octanol–water partition coefficient (Wildman–Crippen LogP) is 1.50. The molecule has 0 saturated carbocycles. The first kappa shape index (κ1) is 15.0. The minimum Gasteiger partial charge on any atom is -0.375 e. The van der Waals surface area contributed by atoms with Crippen molar-refractivity contribution < 1.29 is 13.6 Å². The van der Waals surface area contributed by atoms with Gasteiger partial charge in [0.25, 0.3) is 0 Å². The number of amides is 1. The Kier molecular flexibility index (Phi) is 5.31. The van der Waals surface area contributed by atoms with E-state index in [4.69, 9.17) is 5.73 Å². The smallest absolute Gasteiger partial charge is 0.230 e. The SMILES string of the molecule is C/C(CC(=O)Nc1ccc(F)cc1F)=N\NC(N)=S. The number of hydrogen-bond donors (Lipinski definition) is 3. The molecule has 0 aliphatic rings. The second kappa shape index (κ2) is 6.74. The lowest BCUT2D eigenvalue weighted by Crippen LogP contribution is -2.26. The van der Waals surface area contributed by atoms with E-state index in [-0.39, 0.29) is 17.2 Å². The van der Waals surface area contributed by atoms with E-state index >= 15 is 0 Å². The maximum Gasteiger partial charge on any atom is 0.230 e. The lowest BCUT2D eigenvalue weighted by molar-refractivity contribution is -0.115. The van der Waals surface area contributed by atoms with Gasteiger partial charge in [0.05, 0.1) is 12.1 Å². The van der Waals surface area contributed by atoms with Crippen molar-refractivity contribution in [2.45, 2.75) is 13.3 Å². The Bertz CT molecular complexity index is 533. The maximum atomic E-state index is 13.3. The summed E-state index contributed by atoms with van der Waals surface area (Å²) in [5.74, 6) is -2.05. The fourth-order valence-electron chi connectivity index (χ4n) is 1.21. The third kappa shape index (κ3) is 5.38. The van der Waals surface area contributed by atoms with Crippen molar-refractivity contribution in [1.82, 2.24) is 5.43 Å². The van der Waals surface area contributed by atoms with E-state index in [1.807, 2.05) is 0 Å². The summed E-state index contributed by atoms with van der Waals surface area (Å²) < 4.78 is 25.9. The van der Waals surface area contributed by atoms with Gasteiger partial charge in [0, 0.05) is 11.8 Å². The number of halogens is 2. The highest BCUT2D eigenvalue weighted by Gasteiger charge is 2.09. The number of nitrogens with zero attached hydrogens (tertiary/aromatic N) is 1. The summed E-state index contributed by atoms with van der Waals surface area (Å²) in [6.07, 6.45) is -0.0770. The van der Waals surface area contributed by atoms with Crippen LogP contribution < -0.4 is 16.5 Å². The molecular weight excluding hydrogens is 274 g/mol. The summed E-state index contributed by atoms with van der Waals surface area (Å²) in [5.41, 5.74) is 7.80. The van der Waals surface area contributed by atoms with Crippen LogP contribution in [-0.2, 0) is 4.79 Å². The van der Waals surface area contributed by atoms with E-state index in [0.29, 0.717) is 11.8 Å². The zero-order valence-corrected chi connectivity index (χ0v) is 10.9. The molecule has 19 heavy (non-hydrogen) atoms. The molecule has 0 heterocycles. The number of thiocarbonyl (C=S) groups is 1. The first-order valence-electron chi connectivity index (χ1n) is 5.22. The standard InChI is InChI=1S/C11H12F2N4OS/c1-6(16-17-11(14)19)4-10(18)15-9-3-2-7(12)5-8(9)13/h2-3,5H,4H2,1H3,(H,15,18)(H3,14,17,19)/b16-6+. The second-order valence-electron chi connectivity index (χ2n) is 3.67. The molecule has 0 aliphatic heterocycles. The van der Waals surface area contributed by atoms with Crippen LogP contribution in [0.1, 0.15) is 13.3 Å². The third-order valence-electron chi connectivity index (χ3n) is 1.98. The van der Waals surface area contributed by atoms with Gasteiger partial charge in [-0.3, -0.25) is 10.2 Å². The maximum absolute atomic E-state index is 13.3. The van der Waals surface area contributed by atoms with Gasteiger partial charge in [-0.2, -0.15) is 5.10 Å². The van der Waals surface area contributed by atoms with Gasteiger partial charge in [0.2, 0.25) is 5.91 Å². The van der Waals surface area contributed by atoms with Crippen molar-refractivity contribution >= 4 is 34.6 Å². The van der Waals surface area contributed by atoms with Gasteiger partial charge in [0.15, 0.2) is 5.11 Å². The molecule has 0 unspecified atom stereocenters. The van der Waals surface area contributed by atoms with Crippen LogP contribution in [0, 0.1) is 11.6 Å². The van der Waals surface area contributed by atoms with Gasteiger partial charge in [-0.25, -0.2) is 8.78 Å². The highest BCUT2D eigenvalue weighted by Crippen LogP contribution is 2.15. The molecule has 0 fully saturated rings. The number of carbonyl (C=O) groups is 1.